The monoisotopic (exact) mass is 427 g/mol. The standard InChI is InChI=1S/C23H29N3O5/c27-21-8-7-19(22(28)24-21)26-14-15-13-16(5-6-17(15)23(26)29)31-20-4-2-1-3-18(20)25-9-11-30-12-10-25/h5-6,13,18-20H,1-4,7-12,14H2,(H,24,27,28)/t18-,19?,20+/m0/s1. The number of hydrogen-bond acceptors (Lipinski definition) is 6. The number of nitrogens with zero attached hydrogens (tertiary/aromatic N) is 2. The Morgan fingerprint density at radius 3 is 2.65 bits per heavy atom. The smallest absolute Gasteiger partial charge is 0.255 e. The Hall–Kier alpha value is -2.45. The maximum absolute atomic E-state index is 12.9. The zero-order chi connectivity index (χ0) is 21.4. The quantitative estimate of drug-likeness (QED) is 0.733. The fourth-order valence-electron chi connectivity index (χ4n) is 5.34. The number of fused-ring (bicyclic) bond motifs is 1. The topological polar surface area (TPSA) is 88.2 Å². The third kappa shape index (κ3) is 4.06. The van der Waals surface area contributed by atoms with Crippen LogP contribution in [0, 0.1) is 0 Å². The number of ether oxygens (including phenoxy) is 2. The fraction of sp³-hybridized carbons (Fsp3) is 0.609. The van der Waals surface area contributed by atoms with Crippen molar-refractivity contribution in [1.29, 1.82) is 0 Å². The van der Waals surface area contributed by atoms with Crippen LogP contribution in [0.3, 0.4) is 0 Å². The molecule has 1 unspecified atom stereocenters. The fourth-order valence-corrected chi connectivity index (χ4v) is 5.34. The summed E-state index contributed by atoms with van der Waals surface area (Å²) in [6, 6.07) is 5.43. The molecule has 3 atom stereocenters. The summed E-state index contributed by atoms with van der Waals surface area (Å²) in [5, 5.41) is 2.35. The maximum atomic E-state index is 12.9. The second-order valence-electron chi connectivity index (χ2n) is 8.88. The van der Waals surface area contributed by atoms with Crippen LogP contribution in [-0.4, -0.2) is 72.0 Å². The van der Waals surface area contributed by atoms with Crippen LogP contribution in [-0.2, 0) is 20.9 Å². The Kier molecular flexibility index (Phi) is 5.67. The van der Waals surface area contributed by atoms with Crippen molar-refractivity contribution in [3.05, 3.63) is 29.3 Å². The SMILES string of the molecule is O=C1CCC(N2Cc3cc(O[C@@H]4CCCC[C@@H]4N4CCOCC4)ccc3C2=O)C(=O)N1. The molecule has 1 aliphatic carbocycles. The maximum Gasteiger partial charge on any atom is 0.255 e. The van der Waals surface area contributed by atoms with E-state index in [2.05, 4.69) is 10.2 Å². The predicted octanol–water partition coefficient (Wildman–Crippen LogP) is 1.47. The molecule has 0 spiro atoms. The van der Waals surface area contributed by atoms with E-state index in [1.807, 2.05) is 18.2 Å². The first-order chi connectivity index (χ1) is 15.1. The van der Waals surface area contributed by atoms with Gasteiger partial charge in [-0.15, -0.1) is 0 Å². The van der Waals surface area contributed by atoms with E-state index in [1.54, 1.807) is 4.90 Å². The van der Waals surface area contributed by atoms with Crippen molar-refractivity contribution in [3.63, 3.8) is 0 Å². The highest BCUT2D eigenvalue weighted by Gasteiger charge is 2.39. The second kappa shape index (κ2) is 8.59. The van der Waals surface area contributed by atoms with Gasteiger partial charge in [0, 0.05) is 37.7 Å². The summed E-state index contributed by atoms with van der Waals surface area (Å²) in [6.07, 6.45) is 5.32. The van der Waals surface area contributed by atoms with Gasteiger partial charge in [-0.3, -0.25) is 24.6 Å². The molecule has 166 valence electrons. The van der Waals surface area contributed by atoms with Crippen molar-refractivity contribution >= 4 is 17.7 Å². The number of rotatable bonds is 4. The summed E-state index contributed by atoms with van der Waals surface area (Å²) in [4.78, 5) is 40.6. The van der Waals surface area contributed by atoms with Gasteiger partial charge in [-0.2, -0.15) is 0 Å². The highest BCUT2D eigenvalue weighted by atomic mass is 16.5. The summed E-state index contributed by atoms with van der Waals surface area (Å²) in [7, 11) is 0. The van der Waals surface area contributed by atoms with Crippen LogP contribution in [0.2, 0.25) is 0 Å². The van der Waals surface area contributed by atoms with Gasteiger partial charge < -0.3 is 14.4 Å². The molecule has 8 heteroatoms. The van der Waals surface area contributed by atoms with Crippen LogP contribution < -0.4 is 10.1 Å². The molecule has 31 heavy (non-hydrogen) atoms. The molecule has 1 saturated carbocycles. The summed E-state index contributed by atoms with van der Waals surface area (Å²) < 4.78 is 12.0. The number of benzene rings is 1. The van der Waals surface area contributed by atoms with Crippen molar-refractivity contribution in [2.75, 3.05) is 26.3 Å². The minimum absolute atomic E-state index is 0.133. The van der Waals surface area contributed by atoms with Gasteiger partial charge in [-0.05, 0) is 49.4 Å². The number of carbonyl (C=O) groups is 3. The van der Waals surface area contributed by atoms with Crippen molar-refractivity contribution in [3.8, 4) is 5.75 Å². The molecule has 0 aromatic heterocycles. The third-order valence-corrected chi connectivity index (χ3v) is 6.96. The zero-order valence-corrected chi connectivity index (χ0v) is 17.7. The normalized spacial score (nSPS) is 29.6. The number of hydrogen-bond donors (Lipinski definition) is 1. The van der Waals surface area contributed by atoms with Crippen LogP contribution in [0.15, 0.2) is 18.2 Å². The van der Waals surface area contributed by atoms with E-state index in [0.29, 0.717) is 24.6 Å². The first-order valence-electron chi connectivity index (χ1n) is 11.4. The van der Waals surface area contributed by atoms with Crippen molar-refractivity contribution < 1.29 is 23.9 Å². The van der Waals surface area contributed by atoms with Crippen LogP contribution in [0.5, 0.6) is 5.75 Å². The Labute approximate surface area is 181 Å². The molecule has 3 aliphatic heterocycles. The van der Waals surface area contributed by atoms with E-state index in [4.69, 9.17) is 9.47 Å². The lowest BCUT2D eigenvalue weighted by molar-refractivity contribution is -0.136. The largest absolute Gasteiger partial charge is 0.489 e. The van der Waals surface area contributed by atoms with Gasteiger partial charge in [0.15, 0.2) is 0 Å². The summed E-state index contributed by atoms with van der Waals surface area (Å²) in [5.41, 5.74) is 1.50. The van der Waals surface area contributed by atoms with Gasteiger partial charge in [0.1, 0.15) is 17.9 Å². The number of amides is 3. The lowest BCUT2D eigenvalue weighted by Gasteiger charge is -2.41. The first-order valence-corrected chi connectivity index (χ1v) is 11.4. The highest BCUT2D eigenvalue weighted by Crippen LogP contribution is 2.33. The van der Waals surface area contributed by atoms with E-state index in [9.17, 15) is 14.4 Å². The molecule has 4 aliphatic rings. The van der Waals surface area contributed by atoms with Gasteiger partial charge >= 0.3 is 0 Å². The van der Waals surface area contributed by atoms with E-state index >= 15 is 0 Å². The molecule has 3 fully saturated rings. The average Bonchev–Trinajstić information content (AvgIpc) is 3.10. The number of piperidine rings is 1. The molecule has 0 bridgehead atoms. The molecule has 2 saturated heterocycles. The van der Waals surface area contributed by atoms with Crippen LogP contribution >= 0.6 is 0 Å². The predicted molar refractivity (Wildman–Crippen MR) is 112 cm³/mol. The Morgan fingerprint density at radius 1 is 1.03 bits per heavy atom. The summed E-state index contributed by atoms with van der Waals surface area (Å²) >= 11 is 0. The number of imide groups is 1. The van der Waals surface area contributed by atoms with E-state index in [1.165, 1.54) is 6.42 Å². The van der Waals surface area contributed by atoms with Gasteiger partial charge in [-0.1, -0.05) is 6.42 Å². The molecular formula is C23H29N3O5. The molecule has 5 rings (SSSR count). The molecule has 1 aromatic carbocycles. The molecule has 8 nitrogen and oxygen atoms in total. The van der Waals surface area contributed by atoms with Gasteiger partial charge in [0.05, 0.1) is 13.2 Å². The van der Waals surface area contributed by atoms with Crippen molar-refractivity contribution in [2.24, 2.45) is 0 Å². The molecule has 0 radical (unpaired) electrons. The molecule has 3 heterocycles. The summed E-state index contributed by atoms with van der Waals surface area (Å²) in [5.74, 6) is -0.0328. The van der Waals surface area contributed by atoms with Crippen LogP contribution in [0.1, 0.15) is 54.4 Å². The molecular weight excluding hydrogens is 398 g/mol. The molecule has 1 aromatic rings. The molecule has 1 N–H and O–H groups in total. The number of nitrogens with one attached hydrogen (secondary N) is 1. The van der Waals surface area contributed by atoms with Crippen LogP contribution in [0.4, 0.5) is 0 Å². The third-order valence-electron chi connectivity index (χ3n) is 6.96. The highest BCUT2D eigenvalue weighted by molar-refractivity contribution is 6.05. The summed E-state index contributed by atoms with van der Waals surface area (Å²) in [6.45, 7) is 3.82. The minimum Gasteiger partial charge on any atom is -0.489 e. The molecule has 3 amide bonds. The van der Waals surface area contributed by atoms with E-state index < -0.39 is 6.04 Å². The number of carbonyl (C=O) groups excluding carboxylic acids is 3. The van der Waals surface area contributed by atoms with Crippen molar-refractivity contribution in [1.82, 2.24) is 15.1 Å². The minimum atomic E-state index is -0.592. The Morgan fingerprint density at radius 2 is 1.84 bits per heavy atom. The zero-order valence-electron chi connectivity index (χ0n) is 17.7. The van der Waals surface area contributed by atoms with Crippen LogP contribution in [0.25, 0.3) is 0 Å². The lowest BCUT2D eigenvalue weighted by Crippen LogP contribution is -2.52. The average molecular weight is 428 g/mol. The lowest BCUT2D eigenvalue weighted by atomic mass is 9.91. The van der Waals surface area contributed by atoms with E-state index in [-0.39, 0.29) is 30.2 Å². The van der Waals surface area contributed by atoms with Gasteiger partial charge in [-0.25, -0.2) is 0 Å². The Bertz CT molecular complexity index is 882. The van der Waals surface area contributed by atoms with Gasteiger partial charge in [0.2, 0.25) is 11.8 Å². The number of morpholine rings is 1. The van der Waals surface area contributed by atoms with Gasteiger partial charge in [0.25, 0.3) is 5.91 Å². The second-order valence-corrected chi connectivity index (χ2v) is 8.88. The first kappa shape index (κ1) is 20.5. The Balaban J connectivity index is 1.29. The van der Waals surface area contributed by atoms with E-state index in [0.717, 1.165) is 56.9 Å². The van der Waals surface area contributed by atoms with Crippen molar-refractivity contribution in [2.45, 2.75) is 63.3 Å².